The van der Waals surface area contributed by atoms with Crippen LogP contribution in [-0.4, -0.2) is 34.0 Å². The summed E-state index contributed by atoms with van der Waals surface area (Å²) in [4.78, 5) is 0.285. The summed E-state index contributed by atoms with van der Waals surface area (Å²) in [5.41, 5.74) is 1.03. The lowest BCUT2D eigenvalue weighted by atomic mass is 10.0. The molecule has 0 amide bonds. The molecule has 0 bridgehead atoms. The third kappa shape index (κ3) is 8.02. The van der Waals surface area contributed by atoms with Crippen LogP contribution in [0.2, 0.25) is 0 Å². The zero-order chi connectivity index (χ0) is 19.7. The second-order valence-corrected chi connectivity index (χ2v) is 9.14. The van der Waals surface area contributed by atoms with Crippen LogP contribution in [0.3, 0.4) is 0 Å². The van der Waals surface area contributed by atoms with Gasteiger partial charge in [0, 0.05) is 19.1 Å². The van der Waals surface area contributed by atoms with Gasteiger partial charge < -0.3 is 9.47 Å². The highest BCUT2D eigenvalue weighted by Crippen LogP contribution is 2.15. The number of benzene rings is 1. The molecule has 1 unspecified atom stereocenters. The Morgan fingerprint density at radius 1 is 1.22 bits per heavy atom. The molecule has 0 spiro atoms. The molecule has 1 saturated heterocycles. The first-order chi connectivity index (χ1) is 12.9. The van der Waals surface area contributed by atoms with Gasteiger partial charge in [0.15, 0.2) is 6.29 Å². The van der Waals surface area contributed by atoms with Crippen molar-refractivity contribution in [2.75, 3.05) is 13.2 Å². The minimum Gasteiger partial charge on any atom is -0.353 e. The SMILES string of the molecule is Cc1ccc(S(=O)(=O)N[C@H](CC#CCOC2CCCCO2)CC(C)C)cc1. The van der Waals surface area contributed by atoms with Crippen molar-refractivity contribution in [3.05, 3.63) is 29.8 Å². The van der Waals surface area contributed by atoms with Crippen LogP contribution in [0.15, 0.2) is 29.2 Å². The van der Waals surface area contributed by atoms with Crippen LogP contribution in [0, 0.1) is 24.7 Å². The van der Waals surface area contributed by atoms with Crippen molar-refractivity contribution in [2.45, 2.75) is 70.1 Å². The minimum atomic E-state index is -3.55. The van der Waals surface area contributed by atoms with Gasteiger partial charge in [0.1, 0.15) is 6.61 Å². The Morgan fingerprint density at radius 2 is 1.96 bits per heavy atom. The molecule has 5 nitrogen and oxygen atoms in total. The molecule has 1 fully saturated rings. The Labute approximate surface area is 163 Å². The van der Waals surface area contributed by atoms with Crippen molar-refractivity contribution in [3.8, 4) is 11.8 Å². The lowest BCUT2D eigenvalue weighted by molar-refractivity contribution is -0.154. The Balaban J connectivity index is 1.90. The maximum Gasteiger partial charge on any atom is 0.240 e. The summed E-state index contributed by atoms with van der Waals surface area (Å²) in [5, 5.41) is 0. The van der Waals surface area contributed by atoms with E-state index in [1.165, 1.54) is 0 Å². The smallest absolute Gasteiger partial charge is 0.240 e. The number of aryl methyl sites for hydroxylation is 1. The molecule has 0 radical (unpaired) electrons. The van der Waals surface area contributed by atoms with E-state index in [1.54, 1.807) is 24.3 Å². The monoisotopic (exact) mass is 393 g/mol. The number of hydrogen-bond acceptors (Lipinski definition) is 4. The van der Waals surface area contributed by atoms with Gasteiger partial charge in [0.2, 0.25) is 10.0 Å². The van der Waals surface area contributed by atoms with Gasteiger partial charge in [0.25, 0.3) is 0 Å². The van der Waals surface area contributed by atoms with Gasteiger partial charge in [-0.25, -0.2) is 13.1 Å². The van der Waals surface area contributed by atoms with Crippen LogP contribution in [0.4, 0.5) is 0 Å². The first-order valence-corrected chi connectivity index (χ1v) is 11.1. The first kappa shape index (κ1) is 21.9. The quantitative estimate of drug-likeness (QED) is 0.685. The molecule has 6 heteroatoms. The molecule has 1 heterocycles. The van der Waals surface area contributed by atoms with Gasteiger partial charge in [-0.1, -0.05) is 43.4 Å². The highest BCUT2D eigenvalue weighted by Gasteiger charge is 2.20. The first-order valence-electron chi connectivity index (χ1n) is 9.65. The van der Waals surface area contributed by atoms with Gasteiger partial charge in [0.05, 0.1) is 4.90 Å². The third-order valence-corrected chi connectivity index (χ3v) is 5.90. The molecule has 0 aliphatic carbocycles. The van der Waals surface area contributed by atoms with E-state index >= 15 is 0 Å². The van der Waals surface area contributed by atoms with E-state index in [0.717, 1.165) is 37.9 Å². The maximum atomic E-state index is 12.6. The van der Waals surface area contributed by atoms with Gasteiger partial charge in [-0.3, -0.25) is 0 Å². The second-order valence-electron chi connectivity index (χ2n) is 7.43. The van der Waals surface area contributed by atoms with E-state index in [1.807, 2.05) is 6.92 Å². The van der Waals surface area contributed by atoms with Crippen LogP contribution in [-0.2, 0) is 19.5 Å². The molecule has 1 N–H and O–H groups in total. The maximum absolute atomic E-state index is 12.6. The Morgan fingerprint density at radius 3 is 2.59 bits per heavy atom. The molecule has 1 aliphatic heterocycles. The predicted molar refractivity (Wildman–Crippen MR) is 107 cm³/mol. The number of ether oxygens (including phenoxy) is 2. The van der Waals surface area contributed by atoms with Gasteiger partial charge >= 0.3 is 0 Å². The predicted octanol–water partition coefficient (Wildman–Crippen LogP) is 3.62. The average Bonchev–Trinajstić information content (AvgIpc) is 2.62. The molecule has 150 valence electrons. The highest BCUT2D eigenvalue weighted by molar-refractivity contribution is 7.89. The molecule has 2 rings (SSSR count). The second kappa shape index (κ2) is 10.8. The molecule has 1 aromatic carbocycles. The molecular formula is C21H31NO4S. The molecule has 27 heavy (non-hydrogen) atoms. The number of nitrogens with one attached hydrogen (secondary N) is 1. The van der Waals surface area contributed by atoms with Crippen LogP contribution in [0.25, 0.3) is 0 Å². The Bertz CT molecular complexity index is 726. The fourth-order valence-electron chi connectivity index (χ4n) is 2.97. The van der Waals surface area contributed by atoms with E-state index in [0.29, 0.717) is 18.9 Å². The average molecular weight is 394 g/mol. The van der Waals surface area contributed by atoms with Gasteiger partial charge in [-0.2, -0.15) is 0 Å². The van der Waals surface area contributed by atoms with Crippen molar-refractivity contribution < 1.29 is 17.9 Å². The molecule has 1 aromatic rings. The number of rotatable bonds is 8. The highest BCUT2D eigenvalue weighted by atomic mass is 32.2. The summed E-state index contributed by atoms with van der Waals surface area (Å²) < 4.78 is 39.2. The molecule has 0 saturated carbocycles. The van der Waals surface area contributed by atoms with Gasteiger partial charge in [-0.05, 0) is 50.7 Å². The largest absolute Gasteiger partial charge is 0.353 e. The van der Waals surface area contributed by atoms with E-state index in [9.17, 15) is 8.42 Å². The molecular weight excluding hydrogens is 362 g/mol. The fourth-order valence-corrected chi connectivity index (χ4v) is 4.22. The number of sulfonamides is 1. The fraction of sp³-hybridized carbons (Fsp3) is 0.619. The van der Waals surface area contributed by atoms with Crippen molar-refractivity contribution in [1.29, 1.82) is 0 Å². The lowest BCUT2D eigenvalue weighted by Crippen LogP contribution is -2.35. The van der Waals surface area contributed by atoms with Crippen LogP contribution in [0.5, 0.6) is 0 Å². The van der Waals surface area contributed by atoms with E-state index in [-0.39, 0.29) is 17.2 Å². The lowest BCUT2D eigenvalue weighted by Gasteiger charge is -2.21. The summed E-state index contributed by atoms with van der Waals surface area (Å²) in [6.07, 6.45) is 4.15. The minimum absolute atomic E-state index is 0.153. The van der Waals surface area contributed by atoms with Crippen molar-refractivity contribution in [3.63, 3.8) is 0 Å². The Kier molecular flexibility index (Phi) is 8.78. The summed E-state index contributed by atoms with van der Waals surface area (Å²) >= 11 is 0. The van der Waals surface area contributed by atoms with Gasteiger partial charge in [-0.15, -0.1) is 0 Å². The van der Waals surface area contributed by atoms with Crippen molar-refractivity contribution in [1.82, 2.24) is 4.72 Å². The van der Waals surface area contributed by atoms with Crippen molar-refractivity contribution >= 4 is 10.0 Å². The zero-order valence-corrected chi connectivity index (χ0v) is 17.3. The number of hydrogen-bond donors (Lipinski definition) is 1. The Hall–Kier alpha value is -1.39. The summed E-state index contributed by atoms with van der Waals surface area (Å²) in [5.74, 6) is 6.40. The zero-order valence-electron chi connectivity index (χ0n) is 16.5. The molecule has 1 aliphatic rings. The van der Waals surface area contributed by atoms with E-state index in [4.69, 9.17) is 9.47 Å². The molecule has 0 aromatic heterocycles. The van der Waals surface area contributed by atoms with E-state index in [2.05, 4.69) is 30.4 Å². The molecule has 2 atom stereocenters. The third-order valence-electron chi connectivity index (χ3n) is 4.36. The summed E-state index contributed by atoms with van der Waals surface area (Å²) in [6, 6.07) is 6.64. The normalized spacial score (nSPS) is 18.7. The van der Waals surface area contributed by atoms with Crippen molar-refractivity contribution in [2.24, 2.45) is 5.92 Å². The van der Waals surface area contributed by atoms with Crippen LogP contribution >= 0.6 is 0 Å². The summed E-state index contributed by atoms with van der Waals surface area (Å²) in [6.45, 7) is 7.13. The summed E-state index contributed by atoms with van der Waals surface area (Å²) in [7, 11) is -3.55. The van der Waals surface area contributed by atoms with Crippen LogP contribution in [0.1, 0.15) is 51.5 Å². The van der Waals surface area contributed by atoms with E-state index < -0.39 is 10.0 Å². The standard InChI is InChI=1S/C21H31NO4S/c1-17(2)16-19(8-4-6-14-25-21-9-5-7-15-26-21)22-27(23,24)20-12-10-18(3)11-13-20/h10-13,17,19,21-22H,5,7-9,14-16H2,1-3H3/t19-,21?/m1/s1. The van der Waals surface area contributed by atoms with Crippen LogP contribution < -0.4 is 4.72 Å². The topological polar surface area (TPSA) is 64.6 Å².